The molecule has 0 radical (unpaired) electrons. The van der Waals surface area contributed by atoms with Gasteiger partial charge in [0.1, 0.15) is 10.6 Å². The summed E-state index contributed by atoms with van der Waals surface area (Å²) in [6, 6.07) is 7.59. The van der Waals surface area contributed by atoms with Gasteiger partial charge in [0.2, 0.25) is 10.0 Å². The topological polar surface area (TPSA) is 163 Å². The minimum absolute atomic E-state index is 0.0458. The largest absolute Gasteiger partial charge is 0.469 e. The molecule has 0 atom stereocenters. The number of hydrogen-bond acceptors (Lipinski definition) is 8. The van der Waals surface area contributed by atoms with E-state index in [0.717, 1.165) is 11.2 Å². The van der Waals surface area contributed by atoms with Crippen LogP contribution in [0.25, 0.3) is 0 Å². The van der Waals surface area contributed by atoms with Gasteiger partial charge < -0.3 is 5.32 Å². The molecular weight excluding hydrogens is 490 g/mol. The van der Waals surface area contributed by atoms with Crippen LogP contribution in [0.15, 0.2) is 58.4 Å². The summed E-state index contributed by atoms with van der Waals surface area (Å²) in [5.41, 5.74) is 0.647. The lowest BCUT2D eigenvalue weighted by molar-refractivity contribution is -0.0718. The molecule has 1 amide bonds. The summed E-state index contributed by atoms with van der Waals surface area (Å²) < 4.78 is 28.4. The molecule has 3 N–H and O–H groups in total. The first-order chi connectivity index (χ1) is 16.7. The average molecular weight is 508 g/mol. The quantitative estimate of drug-likeness (QED) is 0.348. The van der Waals surface area contributed by atoms with Gasteiger partial charge in [-0.15, -0.1) is 4.90 Å². The Hall–Kier alpha value is -4.30. The van der Waals surface area contributed by atoms with Crippen molar-refractivity contribution in [1.29, 1.82) is 0 Å². The number of nitrogens with two attached hydrogens (primary N) is 1. The third kappa shape index (κ3) is 5.28. The average Bonchev–Trinajstić information content (AvgIpc) is 3.24. The van der Waals surface area contributed by atoms with E-state index in [1.165, 1.54) is 37.2 Å². The Balaban J connectivity index is 1.66. The van der Waals surface area contributed by atoms with Crippen LogP contribution in [0, 0.1) is 11.8 Å². The minimum atomic E-state index is -4.18. The summed E-state index contributed by atoms with van der Waals surface area (Å²) in [4.78, 5) is 33.5. The van der Waals surface area contributed by atoms with Gasteiger partial charge in [0.25, 0.3) is 16.8 Å². The Labute approximate surface area is 204 Å². The molecule has 4 rings (SSSR count). The first kappa shape index (κ1) is 23.8. The molecule has 2 aromatic rings. The molecule has 0 saturated carbocycles. The number of rotatable bonds is 4. The van der Waals surface area contributed by atoms with E-state index in [1.54, 1.807) is 29.2 Å². The maximum atomic E-state index is 12.8. The normalized spacial score (nSPS) is 13.8. The molecule has 0 bridgehead atoms. The van der Waals surface area contributed by atoms with E-state index < -0.39 is 15.9 Å². The monoisotopic (exact) mass is 507 g/mol. The number of nitrogens with zero attached hydrogens (tertiary/aromatic N) is 5. The van der Waals surface area contributed by atoms with Crippen LogP contribution in [0.3, 0.4) is 0 Å². The lowest BCUT2D eigenvalue weighted by Gasteiger charge is -2.08. The van der Waals surface area contributed by atoms with Crippen LogP contribution in [0.2, 0.25) is 0 Å². The predicted molar refractivity (Wildman–Crippen MR) is 131 cm³/mol. The highest BCUT2D eigenvalue weighted by Crippen LogP contribution is 2.17. The van der Waals surface area contributed by atoms with Gasteiger partial charge in [-0.1, -0.05) is 34.6 Å². The fourth-order valence-electron chi connectivity index (χ4n) is 3.00. The lowest BCUT2D eigenvalue weighted by atomic mass is 10.1. The Bertz CT molecular complexity index is 1620. The molecule has 174 valence electrons. The van der Waals surface area contributed by atoms with Crippen LogP contribution in [-0.2, 0) is 10.0 Å². The van der Waals surface area contributed by atoms with E-state index >= 15 is 0 Å². The predicted octanol–water partition coefficient (Wildman–Crippen LogP) is 0.622. The Morgan fingerprint density at radius 2 is 2.03 bits per heavy atom. The number of ketones is 1. The highest BCUT2D eigenvalue weighted by Gasteiger charge is 2.35. The molecule has 2 aliphatic rings. The molecule has 1 aromatic carbocycles. The zero-order chi connectivity index (χ0) is 25.2. The van der Waals surface area contributed by atoms with E-state index in [-0.39, 0.29) is 27.8 Å². The van der Waals surface area contributed by atoms with Gasteiger partial charge in [-0.05, 0) is 31.4 Å². The standard InChI is InChI=1S/C22H16N7O4S2/c1-13(30)14-4-3-5-16(8-14)26-22(31)17-9-15(18(11-24-17)35(23,32)33)6-7-19-27-28-20-10-21(34-2)25-12-29(19)20/h3-5,8-12H,1-2H3,(H2-,23,26,31,32,33)/q+1/p+1. The molecule has 0 saturated heterocycles. The summed E-state index contributed by atoms with van der Waals surface area (Å²) in [6.45, 7) is 1.41. The second-order valence-corrected chi connectivity index (χ2v) is 9.49. The van der Waals surface area contributed by atoms with Gasteiger partial charge in [0.05, 0.1) is 11.2 Å². The smallest absolute Gasteiger partial charge is 0.321 e. The molecule has 13 heteroatoms. The molecule has 0 aliphatic carbocycles. The third-order valence-electron chi connectivity index (χ3n) is 4.73. The first-order valence-corrected chi connectivity index (χ1v) is 12.6. The number of pyridine rings is 1. The van der Waals surface area contributed by atoms with Gasteiger partial charge in [0.15, 0.2) is 5.78 Å². The van der Waals surface area contributed by atoms with Crippen molar-refractivity contribution in [2.24, 2.45) is 10.3 Å². The number of amides is 1. The van der Waals surface area contributed by atoms with Crippen molar-refractivity contribution in [1.82, 2.24) is 14.6 Å². The second-order valence-electron chi connectivity index (χ2n) is 7.13. The van der Waals surface area contributed by atoms with E-state index in [0.29, 0.717) is 17.1 Å². The summed E-state index contributed by atoms with van der Waals surface area (Å²) in [6.07, 6.45) is 6.08. The van der Waals surface area contributed by atoms with Crippen molar-refractivity contribution in [3.63, 3.8) is 0 Å². The number of carbonyl (C=O) groups is 2. The number of anilines is 1. The fourth-order valence-corrected chi connectivity index (χ4v) is 3.99. The number of thioether (sulfide) groups is 1. The zero-order valence-electron chi connectivity index (χ0n) is 18.4. The molecule has 0 fully saturated rings. The summed E-state index contributed by atoms with van der Waals surface area (Å²) >= 11 is 1.44. The van der Waals surface area contributed by atoms with E-state index in [1.807, 2.05) is 6.26 Å². The Kier molecular flexibility index (Phi) is 6.48. The highest BCUT2D eigenvalue weighted by atomic mass is 32.2. The molecule has 0 unspecified atom stereocenters. The molecule has 3 heterocycles. The first-order valence-electron chi connectivity index (χ1n) is 9.87. The van der Waals surface area contributed by atoms with E-state index in [9.17, 15) is 18.0 Å². The van der Waals surface area contributed by atoms with Crippen molar-refractivity contribution >= 4 is 56.4 Å². The van der Waals surface area contributed by atoms with Crippen molar-refractivity contribution in [2.75, 3.05) is 11.6 Å². The van der Waals surface area contributed by atoms with E-state index in [2.05, 4.69) is 36.7 Å². The van der Waals surface area contributed by atoms with Crippen LogP contribution < -0.4 is 15.1 Å². The SMILES string of the molecule is CSC1=[N+]=CN2C(=C1)N=[N+]=C2C#Cc1cc(C(=O)Nc2cccc(C(C)=O)c2)ncc1S(N)(=O)=O. The lowest BCUT2D eigenvalue weighted by Crippen LogP contribution is -2.28. The van der Waals surface area contributed by atoms with Crippen molar-refractivity contribution in [3.8, 4) is 11.8 Å². The Morgan fingerprint density at radius 1 is 1.23 bits per heavy atom. The summed E-state index contributed by atoms with van der Waals surface area (Å²) in [5, 5.41) is 12.7. The number of primary sulfonamides is 1. The minimum Gasteiger partial charge on any atom is -0.321 e. The third-order valence-corrected chi connectivity index (χ3v) is 6.31. The summed E-state index contributed by atoms with van der Waals surface area (Å²) in [7, 11) is -4.18. The molecule has 11 nitrogen and oxygen atoms in total. The number of amidine groups is 1. The maximum absolute atomic E-state index is 12.8. The molecule has 35 heavy (non-hydrogen) atoms. The van der Waals surface area contributed by atoms with Crippen molar-refractivity contribution < 1.29 is 22.8 Å². The van der Waals surface area contributed by atoms with Crippen molar-refractivity contribution in [2.45, 2.75) is 11.8 Å². The number of hydrogen-bond donors (Lipinski definition) is 2. The van der Waals surface area contributed by atoms with E-state index in [4.69, 9.17) is 5.14 Å². The molecule has 1 aromatic heterocycles. The molecular formula is C22H17N7O4S2+2. The summed E-state index contributed by atoms with van der Waals surface area (Å²) in [5.74, 6) is 5.38. The number of nitrogens with one attached hydrogen (secondary N) is 1. The van der Waals surface area contributed by atoms with Crippen LogP contribution in [0.1, 0.15) is 33.3 Å². The number of aromatic nitrogens is 1. The van der Waals surface area contributed by atoms with Crippen LogP contribution >= 0.6 is 11.8 Å². The second kappa shape index (κ2) is 9.52. The van der Waals surface area contributed by atoms with Crippen molar-refractivity contribution in [3.05, 3.63) is 65.2 Å². The number of fused-ring (bicyclic) bond motifs is 1. The molecule has 0 spiro atoms. The van der Waals surface area contributed by atoms with Crippen LogP contribution in [0.4, 0.5) is 5.69 Å². The van der Waals surface area contributed by atoms with Gasteiger partial charge in [-0.2, -0.15) is 0 Å². The number of Topliss-reactive ketones (excluding diaryl/α,β-unsaturated/α-hetero) is 1. The van der Waals surface area contributed by atoms with Gasteiger partial charge >= 0.3 is 12.2 Å². The van der Waals surface area contributed by atoms with Crippen LogP contribution in [0.5, 0.6) is 0 Å². The highest BCUT2D eigenvalue weighted by molar-refractivity contribution is 8.13. The van der Waals surface area contributed by atoms with Gasteiger partial charge in [-0.25, -0.2) is 23.2 Å². The van der Waals surface area contributed by atoms with Gasteiger partial charge in [0, 0.05) is 28.9 Å². The number of sulfonamides is 1. The Morgan fingerprint density at radius 3 is 2.74 bits per heavy atom. The molecule has 2 aliphatic heterocycles. The maximum Gasteiger partial charge on any atom is 0.469 e. The zero-order valence-corrected chi connectivity index (χ0v) is 20.0. The van der Waals surface area contributed by atoms with Gasteiger partial charge in [-0.3, -0.25) is 9.59 Å². The van der Waals surface area contributed by atoms with Crippen LogP contribution in [-0.4, -0.2) is 58.3 Å². The fraction of sp³-hybridized carbons (Fsp3) is 0.0909. The number of benzene rings is 1. The number of carbonyl (C=O) groups excluding carboxylic acids is 2.